The molecule has 1 N–H and O–H groups in total. The molecule has 42 heavy (non-hydrogen) atoms. The lowest BCUT2D eigenvalue weighted by Crippen LogP contribution is -2.07. The minimum Gasteiger partial charge on any atom is -0.504 e. The van der Waals surface area contributed by atoms with Crippen LogP contribution in [0, 0.1) is 0 Å². The zero-order chi connectivity index (χ0) is 29.0. The zero-order valence-corrected chi connectivity index (χ0v) is 24.4. The summed E-state index contributed by atoms with van der Waals surface area (Å²) in [6.45, 7) is 0. The third-order valence-corrected chi connectivity index (χ3v) is 7.69. The second kappa shape index (κ2) is 14.8. The number of phenols is 1. The van der Waals surface area contributed by atoms with Gasteiger partial charge in [-0.05, 0) is 96.5 Å². The maximum atomic E-state index is 10.0. The Kier molecular flexibility index (Phi) is 10.2. The molecule has 0 saturated heterocycles. The fourth-order valence-corrected chi connectivity index (χ4v) is 5.37. The monoisotopic (exact) mass is 553 g/mol. The summed E-state index contributed by atoms with van der Waals surface area (Å²) in [5.74, 6) is 0.657. The van der Waals surface area contributed by atoms with E-state index in [0.717, 1.165) is 61.9 Å². The molecule has 0 radical (unpaired) electrons. The standard InChI is InChI=1S/C39H39NO2/c1-42-39-28-33(23-27-38(39)41)18-11-19-36-34(24-20-30-12-5-2-6-13-30)29-35(25-21-31-14-7-3-8-15-31)40-37(36)26-22-32-16-9-4-10-17-32/h2-17,19,23,27-29,41H,18,20-22,24-26H2,1H3/b19-11+. The molecule has 0 unspecified atom stereocenters. The summed E-state index contributed by atoms with van der Waals surface area (Å²) in [6.07, 6.45) is 10.9. The molecule has 0 fully saturated rings. The summed E-state index contributed by atoms with van der Waals surface area (Å²) in [6, 6.07) is 40.0. The van der Waals surface area contributed by atoms with Crippen molar-refractivity contribution in [3.8, 4) is 11.5 Å². The molecular formula is C39H39NO2. The molecule has 0 atom stereocenters. The van der Waals surface area contributed by atoms with Gasteiger partial charge in [-0.1, -0.05) is 109 Å². The van der Waals surface area contributed by atoms with Crippen LogP contribution in [0.1, 0.15) is 44.8 Å². The number of hydrogen-bond donors (Lipinski definition) is 1. The van der Waals surface area contributed by atoms with Crippen LogP contribution in [0.3, 0.4) is 0 Å². The van der Waals surface area contributed by atoms with Gasteiger partial charge in [0.25, 0.3) is 0 Å². The first-order valence-electron chi connectivity index (χ1n) is 14.8. The van der Waals surface area contributed by atoms with Crippen molar-refractivity contribution in [3.05, 3.63) is 166 Å². The number of allylic oxidation sites excluding steroid dienone is 1. The van der Waals surface area contributed by atoms with Gasteiger partial charge in [-0.25, -0.2) is 0 Å². The summed E-state index contributed by atoms with van der Waals surface area (Å²) in [5.41, 5.74) is 9.99. The molecule has 1 heterocycles. The lowest BCUT2D eigenvalue weighted by atomic mass is 9.94. The van der Waals surface area contributed by atoms with E-state index in [1.807, 2.05) is 12.1 Å². The molecule has 0 amide bonds. The summed E-state index contributed by atoms with van der Waals surface area (Å²) >= 11 is 0. The predicted octanol–water partition coefficient (Wildman–Crippen LogP) is 8.41. The lowest BCUT2D eigenvalue weighted by molar-refractivity contribution is 0.373. The quantitative estimate of drug-likeness (QED) is 0.159. The molecule has 1 aromatic heterocycles. The molecule has 0 aliphatic carbocycles. The molecule has 5 aromatic rings. The van der Waals surface area contributed by atoms with Crippen LogP contribution in [-0.4, -0.2) is 17.2 Å². The SMILES string of the molecule is COc1cc(C/C=C/c2c(CCc3ccccc3)cc(CCc3ccccc3)nc2CCc2ccccc2)ccc1O. The number of phenolic OH excluding ortho intramolecular Hbond substituents is 1. The Labute approximate surface area is 250 Å². The largest absolute Gasteiger partial charge is 0.504 e. The minimum atomic E-state index is 0.159. The van der Waals surface area contributed by atoms with Crippen LogP contribution in [0.5, 0.6) is 11.5 Å². The number of ether oxygens (including phenoxy) is 1. The highest BCUT2D eigenvalue weighted by molar-refractivity contribution is 5.58. The molecule has 0 bridgehead atoms. The van der Waals surface area contributed by atoms with Crippen LogP contribution in [0.4, 0.5) is 0 Å². The van der Waals surface area contributed by atoms with Gasteiger partial charge in [0, 0.05) is 11.4 Å². The van der Waals surface area contributed by atoms with Crippen LogP contribution in [0.2, 0.25) is 0 Å². The Bertz CT molecular complexity index is 1510. The van der Waals surface area contributed by atoms with E-state index in [1.54, 1.807) is 13.2 Å². The molecular weight excluding hydrogens is 514 g/mol. The maximum absolute atomic E-state index is 10.0. The molecule has 4 aromatic carbocycles. The van der Waals surface area contributed by atoms with Crippen LogP contribution < -0.4 is 4.74 Å². The average Bonchev–Trinajstić information content (AvgIpc) is 3.04. The van der Waals surface area contributed by atoms with Crippen molar-refractivity contribution in [2.45, 2.75) is 44.9 Å². The molecule has 0 aliphatic heterocycles. The van der Waals surface area contributed by atoms with Gasteiger partial charge in [-0.15, -0.1) is 0 Å². The number of rotatable bonds is 13. The number of pyridine rings is 1. The normalized spacial score (nSPS) is 11.2. The molecule has 212 valence electrons. The van der Waals surface area contributed by atoms with Gasteiger partial charge in [-0.3, -0.25) is 4.98 Å². The van der Waals surface area contributed by atoms with E-state index in [1.165, 1.54) is 27.8 Å². The van der Waals surface area contributed by atoms with Crippen molar-refractivity contribution in [2.75, 3.05) is 7.11 Å². The van der Waals surface area contributed by atoms with Gasteiger partial charge in [0.1, 0.15) is 0 Å². The van der Waals surface area contributed by atoms with Crippen molar-refractivity contribution >= 4 is 6.08 Å². The zero-order valence-electron chi connectivity index (χ0n) is 24.4. The van der Waals surface area contributed by atoms with Crippen molar-refractivity contribution in [1.29, 1.82) is 0 Å². The van der Waals surface area contributed by atoms with Gasteiger partial charge >= 0.3 is 0 Å². The van der Waals surface area contributed by atoms with Gasteiger partial charge in [0.05, 0.1) is 7.11 Å². The number of aryl methyl sites for hydroxylation is 6. The summed E-state index contributed by atoms with van der Waals surface area (Å²) < 4.78 is 5.32. The Hall–Kier alpha value is -4.63. The Morgan fingerprint density at radius 1 is 0.619 bits per heavy atom. The number of aromatic hydroxyl groups is 1. The average molecular weight is 554 g/mol. The van der Waals surface area contributed by atoms with E-state index in [0.29, 0.717) is 5.75 Å². The van der Waals surface area contributed by atoms with E-state index < -0.39 is 0 Å². The molecule has 3 heteroatoms. The maximum Gasteiger partial charge on any atom is 0.160 e. The Morgan fingerprint density at radius 3 is 1.79 bits per heavy atom. The number of aromatic nitrogens is 1. The van der Waals surface area contributed by atoms with Crippen LogP contribution in [0.25, 0.3) is 6.08 Å². The number of hydrogen-bond acceptors (Lipinski definition) is 3. The second-order valence-electron chi connectivity index (χ2n) is 10.7. The summed E-state index contributed by atoms with van der Waals surface area (Å²) in [5, 5.41) is 10.0. The minimum absolute atomic E-state index is 0.159. The van der Waals surface area contributed by atoms with Crippen LogP contribution in [-0.2, 0) is 44.9 Å². The van der Waals surface area contributed by atoms with Crippen LogP contribution >= 0.6 is 0 Å². The van der Waals surface area contributed by atoms with Crippen molar-refractivity contribution in [2.24, 2.45) is 0 Å². The fourth-order valence-electron chi connectivity index (χ4n) is 5.37. The van der Waals surface area contributed by atoms with Gasteiger partial charge < -0.3 is 9.84 Å². The van der Waals surface area contributed by atoms with Gasteiger partial charge in [0.15, 0.2) is 11.5 Å². The molecule has 0 spiro atoms. The Balaban J connectivity index is 1.47. The van der Waals surface area contributed by atoms with E-state index in [2.05, 4.69) is 109 Å². The number of methoxy groups -OCH3 is 1. The summed E-state index contributed by atoms with van der Waals surface area (Å²) in [7, 11) is 1.58. The number of benzene rings is 4. The molecule has 3 nitrogen and oxygen atoms in total. The van der Waals surface area contributed by atoms with Crippen molar-refractivity contribution in [3.63, 3.8) is 0 Å². The van der Waals surface area contributed by atoms with Crippen molar-refractivity contribution < 1.29 is 9.84 Å². The lowest BCUT2D eigenvalue weighted by Gasteiger charge is -2.15. The summed E-state index contributed by atoms with van der Waals surface area (Å²) in [4.78, 5) is 5.28. The van der Waals surface area contributed by atoms with Gasteiger partial charge in [0.2, 0.25) is 0 Å². The first-order chi connectivity index (χ1) is 20.7. The van der Waals surface area contributed by atoms with E-state index in [9.17, 15) is 5.11 Å². The second-order valence-corrected chi connectivity index (χ2v) is 10.7. The topological polar surface area (TPSA) is 42.4 Å². The first-order valence-corrected chi connectivity index (χ1v) is 14.8. The molecule has 0 saturated carbocycles. The third kappa shape index (κ3) is 8.20. The highest BCUT2D eigenvalue weighted by Crippen LogP contribution is 2.27. The van der Waals surface area contributed by atoms with Crippen LogP contribution in [0.15, 0.2) is 121 Å². The fraction of sp³-hybridized carbons (Fsp3) is 0.205. The molecule has 5 rings (SSSR count). The smallest absolute Gasteiger partial charge is 0.160 e. The van der Waals surface area contributed by atoms with Crippen molar-refractivity contribution in [1.82, 2.24) is 4.98 Å². The molecule has 0 aliphatic rings. The van der Waals surface area contributed by atoms with Gasteiger partial charge in [-0.2, -0.15) is 0 Å². The third-order valence-electron chi connectivity index (χ3n) is 7.69. The van der Waals surface area contributed by atoms with E-state index >= 15 is 0 Å². The first kappa shape index (κ1) is 28.9. The van der Waals surface area contributed by atoms with E-state index in [-0.39, 0.29) is 5.75 Å². The van der Waals surface area contributed by atoms with E-state index in [4.69, 9.17) is 9.72 Å². The highest BCUT2D eigenvalue weighted by atomic mass is 16.5. The number of nitrogens with zero attached hydrogens (tertiary/aromatic N) is 1. The highest BCUT2D eigenvalue weighted by Gasteiger charge is 2.13. The Morgan fingerprint density at radius 2 is 1.19 bits per heavy atom. The predicted molar refractivity (Wildman–Crippen MR) is 173 cm³/mol.